The van der Waals surface area contributed by atoms with E-state index in [0.717, 1.165) is 9.80 Å². The van der Waals surface area contributed by atoms with Crippen molar-refractivity contribution in [3.8, 4) is 11.5 Å². The number of hydrogen-bond acceptors (Lipinski definition) is 5. The first-order valence-electron chi connectivity index (χ1n) is 7.94. The van der Waals surface area contributed by atoms with Gasteiger partial charge in [0.15, 0.2) is 16.9 Å². The third kappa shape index (κ3) is 2.31. The van der Waals surface area contributed by atoms with E-state index in [1.807, 2.05) is 0 Å². The Morgan fingerprint density at radius 2 is 1.58 bits per heavy atom. The van der Waals surface area contributed by atoms with Crippen molar-refractivity contribution in [2.45, 2.75) is 32.6 Å². The zero-order chi connectivity index (χ0) is 18.1. The predicted octanol–water partition coefficient (Wildman–Crippen LogP) is 1.88. The number of methoxy groups -OCH3 is 1. The number of ether oxygens (including phenoxy) is 1. The average molecular weight is 334 g/mol. The molecular weight excluding hydrogens is 312 g/mol. The van der Waals surface area contributed by atoms with Gasteiger partial charge in [-0.05, 0) is 38.0 Å². The summed E-state index contributed by atoms with van der Waals surface area (Å²) in [5.74, 6) is -0.997. The van der Waals surface area contributed by atoms with Crippen LogP contribution in [0.3, 0.4) is 0 Å². The third-order valence-corrected chi connectivity index (χ3v) is 4.52. The van der Waals surface area contributed by atoms with Gasteiger partial charge in [-0.25, -0.2) is 4.79 Å². The smallest absolute Gasteiger partial charge is 0.333 e. The SMILES string of the molecule is CCN1C(=O)N(CC)C(=O)C(CC)(c2ccc(O)c(OC)c2)C1=O. The lowest BCUT2D eigenvalue weighted by molar-refractivity contribution is -0.152. The van der Waals surface area contributed by atoms with Crippen LogP contribution in [0.25, 0.3) is 0 Å². The first-order valence-corrected chi connectivity index (χ1v) is 7.94. The first kappa shape index (κ1) is 17.8. The van der Waals surface area contributed by atoms with Crippen LogP contribution in [0.2, 0.25) is 0 Å². The molecule has 7 heteroatoms. The fraction of sp³-hybridized carbons (Fsp3) is 0.471. The number of hydrogen-bond donors (Lipinski definition) is 1. The molecule has 0 saturated carbocycles. The van der Waals surface area contributed by atoms with Crippen molar-refractivity contribution in [3.63, 3.8) is 0 Å². The second-order valence-corrected chi connectivity index (χ2v) is 5.53. The molecule has 1 aliphatic heterocycles. The minimum atomic E-state index is -1.50. The van der Waals surface area contributed by atoms with E-state index in [1.165, 1.54) is 25.3 Å². The molecule has 1 aliphatic rings. The molecule has 0 aliphatic carbocycles. The van der Waals surface area contributed by atoms with E-state index in [2.05, 4.69) is 0 Å². The molecule has 1 saturated heterocycles. The van der Waals surface area contributed by atoms with E-state index in [9.17, 15) is 19.5 Å². The quantitative estimate of drug-likeness (QED) is 0.831. The molecule has 1 fully saturated rings. The molecule has 24 heavy (non-hydrogen) atoms. The van der Waals surface area contributed by atoms with Crippen molar-refractivity contribution in [2.75, 3.05) is 20.2 Å². The molecule has 0 unspecified atom stereocenters. The highest BCUT2D eigenvalue weighted by atomic mass is 16.5. The van der Waals surface area contributed by atoms with Gasteiger partial charge in [-0.1, -0.05) is 13.0 Å². The number of amides is 4. The van der Waals surface area contributed by atoms with Crippen LogP contribution >= 0.6 is 0 Å². The monoisotopic (exact) mass is 334 g/mol. The molecule has 4 amide bonds. The molecule has 0 aromatic heterocycles. The lowest BCUT2D eigenvalue weighted by Crippen LogP contribution is -2.66. The van der Waals surface area contributed by atoms with Crippen LogP contribution < -0.4 is 4.74 Å². The summed E-state index contributed by atoms with van der Waals surface area (Å²) in [6.07, 6.45) is 0.193. The largest absolute Gasteiger partial charge is 0.504 e. The summed E-state index contributed by atoms with van der Waals surface area (Å²) in [6.45, 7) is 5.47. The number of carbonyl (C=O) groups excluding carboxylic acids is 3. The molecule has 1 aromatic carbocycles. The van der Waals surface area contributed by atoms with Crippen LogP contribution in [0.1, 0.15) is 32.8 Å². The topological polar surface area (TPSA) is 87.2 Å². The predicted molar refractivity (Wildman–Crippen MR) is 86.8 cm³/mol. The van der Waals surface area contributed by atoms with Gasteiger partial charge in [0, 0.05) is 13.1 Å². The van der Waals surface area contributed by atoms with Crippen LogP contribution in [0.15, 0.2) is 18.2 Å². The molecule has 0 atom stereocenters. The van der Waals surface area contributed by atoms with E-state index in [-0.39, 0.29) is 31.0 Å². The number of barbiturate groups is 1. The minimum Gasteiger partial charge on any atom is -0.504 e. The van der Waals surface area contributed by atoms with Gasteiger partial charge in [-0.15, -0.1) is 0 Å². The first-order chi connectivity index (χ1) is 11.4. The lowest BCUT2D eigenvalue weighted by Gasteiger charge is -2.43. The van der Waals surface area contributed by atoms with Crippen LogP contribution in [-0.4, -0.2) is 53.0 Å². The maximum Gasteiger partial charge on any atom is 0.333 e. The summed E-state index contributed by atoms with van der Waals surface area (Å²) in [5, 5.41) is 9.79. The number of carbonyl (C=O) groups is 3. The number of rotatable bonds is 5. The standard InChI is InChI=1S/C17H22N2O5/c1-5-17(11-8-9-12(20)13(10-11)24-4)14(21)18(6-2)16(23)19(7-3)15(17)22/h8-10,20H,5-7H2,1-4H3. The number of urea groups is 1. The van der Waals surface area contributed by atoms with Crippen molar-refractivity contribution in [1.82, 2.24) is 9.80 Å². The molecule has 2 rings (SSSR count). The number of aromatic hydroxyl groups is 1. The summed E-state index contributed by atoms with van der Waals surface area (Å²) in [4.78, 5) is 40.6. The summed E-state index contributed by atoms with van der Waals surface area (Å²) in [6, 6.07) is 3.79. The molecule has 1 N–H and O–H groups in total. The van der Waals surface area contributed by atoms with Crippen LogP contribution in [0.4, 0.5) is 4.79 Å². The van der Waals surface area contributed by atoms with Crippen molar-refractivity contribution in [3.05, 3.63) is 23.8 Å². The summed E-state index contributed by atoms with van der Waals surface area (Å²) in [7, 11) is 1.39. The maximum absolute atomic E-state index is 13.0. The van der Waals surface area contributed by atoms with Gasteiger partial charge in [-0.3, -0.25) is 19.4 Å². The van der Waals surface area contributed by atoms with Gasteiger partial charge < -0.3 is 9.84 Å². The number of phenols is 1. The van der Waals surface area contributed by atoms with E-state index in [4.69, 9.17) is 4.74 Å². The molecule has 0 spiro atoms. The van der Waals surface area contributed by atoms with E-state index in [0.29, 0.717) is 5.56 Å². The number of phenolic OH excluding ortho intramolecular Hbond substituents is 1. The van der Waals surface area contributed by atoms with Crippen LogP contribution in [0.5, 0.6) is 11.5 Å². The average Bonchev–Trinajstić information content (AvgIpc) is 2.57. The van der Waals surface area contributed by atoms with Gasteiger partial charge in [0.05, 0.1) is 7.11 Å². The van der Waals surface area contributed by atoms with Gasteiger partial charge in [0.1, 0.15) is 0 Å². The van der Waals surface area contributed by atoms with Crippen molar-refractivity contribution in [2.24, 2.45) is 0 Å². The fourth-order valence-corrected chi connectivity index (χ4v) is 3.13. The summed E-state index contributed by atoms with van der Waals surface area (Å²) < 4.78 is 5.10. The summed E-state index contributed by atoms with van der Waals surface area (Å²) in [5.41, 5.74) is -1.10. The second kappa shape index (κ2) is 6.51. The van der Waals surface area contributed by atoms with E-state index >= 15 is 0 Å². The van der Waals surface area contributed by atoms with Crippen LogP contribution in [0, 0.1) is 0 Å². The highest BCUT2D eigenvalue weighted by Gasteiger charge is 2.56. The van der Waals surface area contributed by atoms with E-state index < -0.39 is 23.3 Å². The number of benzene rings is 1. The fourth-order valence-electron chi connectivity index (χ4n) is 3.13. The number of nitrogens with zero attached hydrogens (tertiary/aromatic N) is 2. The van der Waals surface area contributed by atoms with Gasteiger partial charge in [0.25, 0.3) is 11.8 Å². The second-order valence-electron chi connectivity index (χ2n) is 5.53. The van der Waals surface area contributed by atoms with Crippen molar-refractivity contribution >= 4 is 17.8 Å². The number of likely N-dealkylation sites (N-methyl/N-ethyl adjacent to an activating group) is 2. The highest BCUT2D eigenvalue weighted by molar-refractivity contribution is 6.22. The number of imide groups is 2. The molecule has 0 bridgehead atoms. The molecule has 1 heterocycles. The Bertz CT molecular complexity index is 660. The Balaban J connectivity index is 2.70. The van der Waals surface area contributed by atoms with Gasteiger partial charge >= 0.3 is 6.03 Å². The van der Waals surface area contributed by atoms with E-state index in [1.54, 1.807) is 20.8 Å². The van der Waals surface area contributed by atoms with Crippen molar-refractivity contribution in [1.29, 1.82) is 0 Å². The minimum absolute atomic E-state index is 0.0843. The Kier molecular flexibility index (Phi) is 4.82. The molecule has 130 valence electrons. The lowest BCUT2D eigenvalue weighted by atomic mass is 9.74. The van der Waals surface area contributed by atoms with Gasteiger partial charge in [0.2, 0.25) is 0 Å². The van der Waals surface area contributed by atoms with Crippen LogP contribution in [-0.2, 0) is 15.0 Å². The Labute approximate surface area is 140 Å². The van der Waals surface area contributed by atoms with Crippen molar-refractivity contribution < 1.29 is 24.2 Å². The zero-order valence-corrected chi connectivity index (χ0v) is 14.3. The van der Waals surface area contributed by atoms with Gasteiger partial charge in [-0.2, -0.15) is 0 Å². The molecule has 7 nitrogen and oxygen atoms in total. The maximum atomic E-state index is 13.0. The summed E-state index contributed by atoms with van der Waals surface area (Å²) >= 11 is 0. The third-order valence-electron chi connectivity index (χ3n) is 4.52. The Morgan fingerprint density at radius 1 is 1.04 bits per heavy atom. The Morgan fingerprint density at radius 3 is 2.00 bits per heavy atom. The Hall–Kier alpha value is -2.57. The molecule has 1 aromatic rings. The zero-order valence-electron chi connectivity index (χ0n) is 14.3. The highest BCUT2D eigenvalue weighted by Crippen LogP contribution is 2.40. The molecular formula is C17H22N2O5. The molecule has 0 radical (unpaired) electrons. The normalized spacial score (nSPS) is 17.4.